The van der Waals surface area contributed by atoms with Crippen LogP contribution in [-0.4, -0.2) is 37.4 Å². The van der Waals surface area contributed by atoms with Crippen molar-refractivity contribution in [2.45, 2.75) is 83.5 Å². The summed E-state index contributed by atoms with van der Waals surface area (Å²) in [6, 6.07) is 6.15. The molecule has 2 fully saturated rings. The fourth-order valence-electron chi connectivity index (χ4n) is 3.73. The highest BCUT2D eigenvalue weighted by Crippen LogP contribution is 2.36. The standard InChI is InChI=1S/C21H32BNO4/c1-20(2)21(3,4)27-22(26-20)16-12-11-15(18(14-16)25-5)13-19(24)23-17-9-7-6-8-10-17/h11-12,14,17H,6-10,13H2,1-5H3,(H,23,24). The fourth-order valence-corrected chi connectivity index (χ4v) is 3.73. The molecule has 5 nitrogen and oxygen atoms in total. The van der Waals surface area contributed by atoms with Gasteiger partial charge in [0.1, 0.15) is 5.75 Å². The Hall–Kier alpha value is -1.53. The highest BCUT2D eigenvalue weighted by molar-refractivity contribution is 6.62. The van der Waals surface area contributed by atoms with Gasteiger partial charge in [0.15, 0.2) is 0 Å². The Balaban J connectivity index is 1.68. The van der Waals surface area contributed by atoms with E-state index in [9.17, 15) is 4.79 Å². The number of rotatable bonds is 5. The summed E-state index contributed by atoms with van der Waals surface area (Å²) < 4.78 is 17.8. The van der Waals surface area contributed by atoms with Crippen molar-refractivity contribution >= 4 is 18.5 Å². The van der Waals surface area contributed by atoms with Gasteiger partial charge >= 0.3 is 7.12 Å². The lowest BCUT2D eigenvalue weighted by molar-refractivity contribution is -0.121. The Morgan fingerprint density at radius 1 is 1.15 bits per heavy atom. The molecular weight excluding hydrogens is 341 g/mol. The molecule has 3 rings (SSSR count). The molecule has 0 spiro atoms. The van der Waals surface area contributed by atoms with Gasteiger partial charge in [-0.1, -0.05) is 31.4 Å². The van der Waals surface area contributed by atoms with E-state index in [1.165, 1.54) is 19.3 Å². The molecule has 1 saturated carbocycles. The number of benzene rings is 1. The molecule has 1 aromatic rings. The van der Waals surface area contributed by atoms with Crippen molar-refractivity contribution in [3.63, 3.8) is 0 Å². The van der Waals surface area contributed by atoms with Crippen molar-refractivity contribution in [1.82, 2.24) is 5.32 Å². The Morgan fingerprint density at radius 3 is 2.37 bits per heavy atom. The van der Waals surface area contributed by atoms with E-state index < -0.39 is 7.12 Å². The number of hydrogen-bond donors (Lipinski definition) is 1. The first-order valence-corrected chi connectivity index (χ1v) is 10.0. The Morgan fingerprint density at radius 2 is 1.78 bits per heavy atom. The molecule has 6 heteroatoms. The van der Waals surface area contributed by atoms with Gasteiger partial charge in [-0.15, -0.1) is 0 Å². The lowest BCUT2D eigenvalue weighted by Gasteiger charge is -2.32. The van der Waals surface area contributed by atoms with Crippen LogP contribution in [0.2, 0.25) is 0 Å². The number of nitrogens with one attached hydrogen (secondary N) is 1. The van der Waals surface area contributed by atoms with Crippen molar-refractivity contribution in [1.29, 1.82) is 0 Å². The van der Waals surface area contributed by atoms with Crippen molar-refractivity contribution in [2.75, 3.05) is 7.11 Å². The quantitative estimate of drug-likeness (QED) is 0.807. The molecule has 1 aliphatic heterocycles. The summed E-state index contributed by atoms with van der Waals surface area (Å²) in [6.45, 7) is 8.14. The van der Waals surface area contributed by atoms with E-state index >= 15 is 0 Å². The average molecular weight is 373 g/mol. The van der Waals surface area contributed by atoms with Crippen LogP contribution in [0, 0.1) is 0 Å². The second kappa shape index (κ2) is 7.84. The van der Waals surface area contributed by atoms with Crippen molar-refractivity contribution in [3.05, 3.63) is 23.8 Å². The monoisotopic (exact) mass is 373 g/mol. The number of amides is 1. The molecular formula is C21H32BNO4. The lowest BCUT2D eigenvalue weighted by atomic mass is 9.78. The number of carbonyl (C=O) groups excluding carboxylic acids is 1. The van der Waals surface area contributed by atoms with Crippen LogP contribution in [0.15, 0.2) is 18.2 Å². The van der Waals surface area contributed by atoms with Gasteiger partial charge in [-0.2, -0.15) is 0 Å². The Kier molecular flexibility index (Phi) is 5.87. The molecule has 1 aliphatic carbocycles. The van der Waals surface area contributed by atoms with E-state index in [4.69, 9.17) is 14.0 Å². The molecule has 1 N–H and O–H groups in total. The van der Waals surface area contributed by atoms with Crippen LogP contribution in [0.3, 0.4) is 0 Å². The van der Waals surface area contributed by atoms with Gasteiger partial charge in [0.05, 0.1) is 24.7 Å². The summed E-state index contributed by atoms with van der Waals surface area (Å²) in [5.74, 6) is 0.754. The summed E-state index contributed by atoms with van der Waals surface area (Å²) in [4.78, 5) is 12.4. The third-order valence-electron chi connectivity index (χ3n) is 6.16. The first kappa shape index (κ1) is 20.2. The van der Waals surface area contributed by atoms with Gasteiger partial charge in [-0.05, 0) is 52.1 Å². The molecule has 27 heavy (non-hydrogen) atoms. The summed E-state index contributed by atoms with van der Waals surface area (Å²) in [5, 5.41) is 3.17. The molecule has 148 valence electrons. The first-order valence-electron chi connectivity index (χ1n) is 10.0. The minimum absolute atomic E-state index is 0.0589. The second-order valence-electron chi connectivity index (χ2n) is 8.74. The van der Waals surface area contributed by atoms with Crippen LogP contribution in [0.5, 0.6) is 5.75 Å². The minimum atomic E-state index is -0.436. The predicted octanol–water partition coefficient (Wildman–Crippen LogP) is 2.99. The van der Waals surface area contributed by atoms with Crippen LogP contribution in [0.25, 0.3) is 0 Å². The number of carbonyl (C=O) groups is 1. The van der Waals surface area contributed by atoms with Crippen LogP contribution in [0.4, 0.5) is 0 Å². The molecule has 0 radical (unpaired) electrons. The van der Waals surface area contributed by atoms with E-state index in [1.807, 2.05) is 45.9 Å². The van der Waals surface area contributed by atoms with E-state index in [0.29, 0.717) is 18.2 Å². The molecule has 0 aromatic heterocycles. The van der Waals surface area contributed by atoms with Gasteiger partial charge in [-0.25, -0.2) is 0 Å². The number of hydrogen-bond acceptors (Lipinski definition) is 4. The van der Waals surface area contributed by atoms with Crippen molar-refractivity contribution in [3.8, 4) is 5.75 Å². The largest absolute Gasteiger partial charge is 0.496 e. The number of methoxy groups -OCH3 is 1. The summed E-state index contributed by atoms with van der Waals surface area (Å²) in [5.41, 5.74) is 1.01. The SMILES string of the molecule is COc1cc(B2OC(C)(C)C(C)(C)O2)ccc1CC(=O)NC1CCCCC1. The van der Waals surface area contributed by atoms with Crippen LogP contribution < -0.4 is 15.5 Å². The van der Waals surface area contributed by atoms with E-state index in [-0.39, 0.29) is 17.1 Å². The molecule has 1 heterocycles. The van der Waals surface area contributed by atoms with Gasteiger partial charge < -0.3 is 19.4 Å². The zero-order chi connectivity index (χ0) is 19.7. The summed E-state index contributed by atoms with van der Waals surface area (Å²) in [7, 11) is 1.19. The van der Waals surface area contributed by atoms with Gasteiger partial charge in [0.2, 0.25) is 5.91 Å². The highest BCUT2D eigenvalue weighted by Gasteiger charge is 2.51. The first-order chi connectivity index (χ1) is 12.7. The maximum Gasteiger partial charge on any atom is 0.494 e. The predicted molar refractivity (Wildman–Crippen MR) is 107 cm³/mol. The molecule has 1 amide bonds. The average Bonchev–Trinajstić information content (AvgIpc) is 2.83. The maximum atomic E-state index is 12.4. The zero-order valence-corrected chi connectivity index (χ0v) is 17.3. The third-order valence-corrected chi connectivity index (χ3v) is 6.16. The Bertz CT molecular complexity index is 667. The third kappa shape index (κ3) is 4.49. The molecule has 0 unspecified atom stereocenters. The molecule has 0 bridgehead atoms. The van der Waals surface area contributed by atoms with Gasteiger partial charge in [-0.3, -0.25) is 4.79 Å². The zero-order valence-electron chi connectivity index (χ0n) is 17.3. The van der Waals surface area contributed by atoms with E-state index in [1.54, 1.807) is 7.11 Å². The molecule has 0 atom stereocenters. The van der Waals surface area contributed by atoms with Crippen molar-refractivity contribution < 1.29 is 18.8 Å². The highest BCUT2D eigenvalue weighted by atomic mass is 16.7. The van der Waals surface area contributed by atoms with Crippen LogP contribution in [0.1, 0.15) is 65.4 Å². The minimum Gasteiger partial charge on any atom is -0.496 e. The van der Waals surface area contributed by atoms with Gasteiger partial charge in [0.25, 0.3) is 0 Å². The second-order valence-corrected chi connectivity index (χ2v) is 8.74. The molecule has 2 aliphatic rings. The molecule has 1 saturated heterocycles. The van der Waals surface area contributed by atoms with Crippen molar-refractivity contribution in [2.24, 2.45) is 0 Å². The van der Waals surface area contributed by atoms with Gasteiger partial charge in [0, 0.05) is 11.6 Å². The smallest absolute Gasteiger partial charge is 0.494 e. The normalized spacial score (nSPS) is 21.9. The topological polar surface area (TPSA) is 56.8 Å². The van der Waals surface area contributed by atoms with E-state index in [0.717, 1.165) is 23.9 Å². The van der Waals surface area contributed by atoms with Crippen LogP contribution >= 0.6 is 0 Å². The Labute approximate surface area is 163 Å². The van der Waals surface area contributed by atoms with E-state index in [2.05, 4.69) is 5.32 Å². The number of ether oxygens (including phenoxy) is 1. The summed E-state index contributed by atoms with van der Waals surface area (Å²) >= 11 is 0. The maximum absolute atomic E-state index is 12.4. The summed E-state index contributed by atoms with van der Waals surface area (Å²) in [6.07, 6.45) is 6.19. The molecule has 1 aromatic carbocycles. The van der Waals surface area contributed by atoms with Crippen LogP contribution in [-0.2, 0) is 20.5 Å². The fraction of sp³-hybridized carbons (Fsp3) is 0.667. The lowest BCUT2D eigenvalue weighted by Crippen LogP contribution is -2.41.